The van der Waals surface area contributed by atoms with Gasteiger partial charge in [0.2, 0.25) is 5.91 Å². The topological polar surface area (TPSA) is 66.4 Å². The number of carboxylic acids is 1. The van der Waals surface area contributed by atoms with Gasteiger partial charge in [0.1, 0.15) is 12.4 Å². The van der Waals surface area contributed by atoms with Crippen molar-refractivity contribution in [3.8, 4) is 0 Å². The molecular weight excluding hydrogens is 237 g/mol. The van der Waals surface area contributed by atoms with E-state index in [0.717, 1.165) is 5.56 Å². The summed E-state index contributed by atoms with van der Waals surface area (Å²) in [6, 6.07) is 6.22. The number of aliphatic carboxylic acids is 1. The van der Waals surface area contributed by atoms with Crippen molar-refractivity contribution in [2.45, 2.75) is 19.8 Å². The maximum absolute atomic E-state index is 12.9. The summed E-state index contributed by atoms with van der Waals surface area (Å²) < 4.78 is 12.9. The fourth-order valence-electron chi connectivity index (χ4n) is 1.54. The van der Waals surface area contributed by atoms with Crippen LogP contribution in [0.5, 0.6) is 0 Å². The molecule has 0 radical (unpaired) electrons. The van der Waals surface area contributed by atoms with Crippen molar-refractivity contribution < 1.29 is 19.1 Å². The third kappa shape index (κ3) is 4.95. The van der Waals surface area contributed by atoms with E-state index in [0.29, 0.717) is 12.8 Å². The maximum Gasteiger partial charge on any atom is 0.322 e. The number of carboxylic acid groups (broad SMARTS) is 1. The number of aryl methyl sites for hydroxylation is 1. The predicted molar refractivity (Wildman–Crippen MR) is 64.5 cm³/mol. The molecule has 2 N–H and O–H groups in total. The van der Waals surface area contributed by atoms with Crippen LogP contribution in [0.25, 0.3) is 0 Å². The second-order valence-electron chi connectivity index (χ2n) is 4.18. The normalized spacial score (nSPS) is 11.9. The van der Waals surface area contributed by atoms with Gasteiger partial charge in [0.25, 0.3) is 0 Å². The van der Waals surface area contributed by atoms with E-state index in [1.165, 1.54) is 12.1 Å². The quantitative estimate of drug-likeness (QED) is 0.809. The van der Waals surface area contributed by atoms with Gasteiger partial charge in [-0.1, -0.05) is 19.1 Å². The van der Waals surface area contributed by atoms with Crippen LogP contribution in [0.2, 0.25) is 0 Å². The molecule has 18 heavy (non-hydrogen) atoms. The second-order valence-corrected chi connectivity index (χ2v) is 4.18. The van der Waals surface area contributed by atoms with Gasteiger partial charge in [-0.25, -0.2) is 4.39 Å². The van der Waals surface area contributed by atoms with Crippen LogP contribution in [0, 0.1) is 11.7 Å². The average molecular weight is 253 g/mol. The Bertz CT molecular complexity index is 434. The molecular formula is C13H16FNO3. The second kappa shape index (κ2) is 6.74. The number of amides is 1. The molecule has 1 amide bonds. The highest BCUT2D eigenvalue weighted by Crippen LogP contribution is 2.11. The lowest BCUT2D eigenvalue weighted by atomic mass is 10.0. The summed E-state index contributed by atoms with van der Waals surface area (Å²) in [6.07, 6.45) is 1.13. The number of rotatable bonds is 6. The lowest BCUT2D eigenvalue weighted by Crippen LogP contribution is -2.33. The lowest BCUT2D eigenvalue weighted by molar-refractivity contribution is -0.138. The molecule has 0 aromatic heterocycles. The molecule has 0 aliphatic carbocycles. The van der Waals surface area contributed by atoms with Crippen LogP contribution >= 0.6 is 0 Å². The molecule has 1 aromatic rings. The van der Waals surface area contributed by atoms with Crippen LogP contribution in [0.1, 0.15) is 18.9 Å². The molecule has 0 spiro atoms. The summed E-state index contributed by atoms with van der Waals surface area (Å²) in [7, 11) is 0. The lowest BCUT2D eigenvalue weighted by Gasteiger charge is -2.10. The van der Waals surface area contributed by atoms with E-state index in [4.69, 9.17) is 5.11 Å². The number of hydrogen-bond donors (Lipinski definition) is 2. The smallest absolute Gasteiger partial charge is 0.322 e. The summed E-state index contributed by atoms with van der Waals surface area (Å²) in [5.41, 5.74) is 0.827. The molecule has 0 unspecified atom stereocenters. The molecule has 4 nitrogen and oxygen atoms in total. The first-order chi connectivity index (χ1) is 8.49. The minimum Gasteiger partial charge on any atom is -0.480 e. The van der Waals surface area contributed by atoms with Crippen LogP contribution in [0.4, 0.5) is 4.39 Å². The summed E-state index contributed by atoms with van der Waals surface area (Å²) in [5, 5.41) is 10.7. The Kier molecular flexibility index (Phi) is 5.30. The third-order valence-corrected chi connectivity index (χ3v) is 2.62. The van der Waals surface area contributed by atoms with E-state index in [1.807, 2.05) is 0 Å². The van der Waals surface area contributed by atoms with Gasteiger partial charge >= 0.3 is 5.97 Å². The molecule has 98 valence electrons. The highest BCUT2D eigenvalue weighted by atomic mass is 19.1. The van der Waals surface area contributed by atoms with E-state index in [1.54, 1.807) is 19.1 Å². The van der Waals surface area contributed by atoms with E-state index < -0.39 is 5.97 Å². The minimum atomic E-state index is -1.07. The molecule has 1 rings (SSSR count). The van der Waals surface area contributed by atoms with Crippen LogP contribution in [0.3, 0.4) is 0 Å². The van der Waals surface area contributed by atoms with Crippen molar-refractivity contribution in [3.05, 3.63) is 35.6 Å². The summed E-state index contributed by atoms with van der Waals surface area (Å²) >= 11 is 0. The van der Waals surface area contributed by atoms with Crippen molar-refractivity contribution in [3.63, 3.8) is 0 Å². The Morgan fingerprint density at radius 3 is 2.78 bits per heavy atom. The summed E-state index contributed by atoms with van der Waals surface area (Å²) in [5.74, 6) is -1.96. The van der Waals surface area contributed by atoms with Gasteiger partial charge in [-0.3, -0.25) is 9.59 Å². The zero-order valence-electron chi connectivity index (χ0n) is 10.1. The fraction of sp³-hybridized carbons (Fsp3) is 0.385. The predicted octanol–water partition coefficient (Wildman–Crippen LogP) is 1.60. The van der Waals surface area contributed by atoms with Crippen LogP contribution < -0.4 is 5.32 Å². The zero-order chi connectivity index (χ0) is 13.5. The number of benzene rings is 1. The molecule has 0 saturated heterocycles. The van der Waals surface area contributed by atoms with E-state index in [9.17, 15) is 14.0 Å². The highest BCUT2D eigenvalue weighted by molar-refractivity contribution is 5.82. The number of nitrogens with one attached hydrogen (secondary N) is 1. The van der Waals surface area contributed by atoms with Crippen molar-refractivity contribution in [1.29, 1.82) is 0 Å². The van der Waals surface area contributed by atoms with Gasteiger partial charge in [-0.15, -0.1) is 0 Å². The molecule has 0 saturated carbocycles. The maximum atomic E-state index is 12.9. The number of carbonyl (C=O) groups excluding carboxylic acids is 1. The van der Waals surface area contributed by atoms with Gasteiger partial charge in [-0.2, -0.15) is 0 Å². The van der Waals surface area contributed by atoms with E-state index in [-0.39, 0.29) is 24.2 Å². The van der Waals surface area contributed by atoms with E-state index >= 15 is 0 Å². The Hall–Kier alpha value is -1.91. The van der Waals surface area contributed by atoms with Gasteiger partial charge < -0.3 is 10.4 Å². The van der Waals surface area contributed by atoms with Crippen LogP contribution in [-0.4, -0.2) is 23.5 Å². The molecule has 1 aromatic carbocycles. The highest BCUT2D eigenvalue weighted by Gasteiger charge is 2.13. The minimum absolute atomic E-state index is 0.296. The Morgan fingerprint density at radius 2 is 2.17 bits per heavy atom. The van der Waals surface area contributed by atoms with Crippen molar-refractivity contribution in [2.24, 2.45) is 5.92 Å². The van der Waals surface area contributed by atoms with Gasteiger partial charge in [-0.05, 0) is 30.5 Å². The Labute approximate surface area is 105 Å². The molecule has 0 aliphatic heterocycles. The van der Waals surface area contributed by atoms with Crippen LogP contribution in [-0.2, 0) is 16.0 Å². The van der Waals surface area contributed by atoms with Crippen molar-refractivity contribution in [1.82, 2.24) is 5.32 Å². The first-order valence-electron chi connectivity index (χ1n) is 5.73. The Morgan fingerprint density at radius 1 is 1.44 bits per heavy atom. The largest absolute Gasteiger partial charge is 0.480 e. The summed E-state index contributed by atoms with van der Waals surface area (Å²) in [6.45, 7) is 1.35. The standard InChI is InChI=1S/C13H16FNO3/c1-9(13(18)15-8-12(16)17)5-6-10-3-2-4-11(14)7-10/h2-4,7,9H,5-6,8H2,1H3,(H,15,18)(H,16,17)/t9-/m0/s1. The van der Waals surface area contributed by atoms with Crippen LogP contribution in [0.15, 0.2) is 24.3 Å². The number of carbonyl (C=O) groups is 2. The Balaban J connectivity index is 2.38. The number of halogens is 1. The van der Waals surface area contributed by atoms with Gasteiger partial charge in [0.05, 0.1) is 0 Å². The zero-order valence-corrected chi connectivity index (χ0v) is 10.1. The van der Waals surface area contributed by atoms with Crippen molar-refractivity contribution in [2.75, 3.05) is 6.54 Å². The molecule has 0 heterocycles. The molecule has 0 bridgehead atoms. The SMILES string of the molecule is C[C@@H](CCc1cccc(F)c1)C(=O)NCC(=O)O. The molecule has 0 fully saturated rings. The fourth-order valence-corrected chi connectivity index (χ4v) is 1.54. The average Bonchev–Trinajstić information content (AvgIpc) is 2.33. The van der Waals surface area contributed by atoms with Gasteiger partial charge in [0, 0.05) is 5.92 Å². The molecule has 5 heteroatoms. The first kappa shape index (κ1) is 14.2. The van der Waals surface area contributed by atoms with E-state index in [2.05, 4.69) is 5.32 Å². The monoisotopic (exact) mass is 253 g/mol. The molecule has 0 aliphatic rings. The first-order valence-corrected chi connectivity index (χ1v) is 5.73. The van der Waals surface area contributed by atoms with Gasteiger partial charge in [0.15, 0.2) is 0 Å². The summed E-state index contributed by atoms with van der Waals surface area (Å²) in [4.78, 5) is 21.8. The van der Waals surface area contributed by atoms with Crippen molar-refractivity contribution >= 4 is 11.9 Å². The molecule has 1 atom stereocenters. The third-order valence-electron chi connectivity index (χ3n) is 2.62. The number of hydrogen-bond acceptors (Lipinski definition) is 2.